The highest BCUT2D eigenvalue weighted by Crippen LogP contribution is 2.40. The van der Waals surface area contributed by atoms with Gasteiger partial charge < -0.3 is 15.4 Å². The Morgan fingerprint density at radius 2 is 2.13 bits per heavy atom. The Labute approximate surface area is 137 Å². The fraction of sp³-hybridized carbons (Fsp3) is 0.533. The Kier molecular flexibility index (Phi) is 5.80. The molecule has 1 aliphatic rings. The van der Waals surface area contributed by atoms with Crippen molar-refractivity contribution in [1.82, 2.24) is 0 Å². The summed E-state index contributed by atoms with van der Waals surface area (Å²) in [6, 6.07) is 3.84. The topological polar surface area (TPSA) is 62.3 Å². The van der Waals surface area contributed by atoms with Crippen LogP contribution in [0.1, 0.15) is 31.7 Å². The SMILES string of the molecule is CCCCCOc1ccc(N2C(=N)CSC2N)cc1C(F)(F)F. The van der Waals surface area contributed by atoms with Gasteiger partial charge in [0.05, 0.1) is 17.9 Å². The van der Waals surface area contributed by atoms with Crippen molar-refractivity contribution in [3.63, 3.8) is 0 Å². The molecule has 0 aromatic heterocycles. The number of hydrogen-bond donors (Lipinski definition) is 2. The molecule has 23 heavy (non-hydrogen) atoms. The summed E-state index contributed by atoms with van der Waals surface area (Å²) in [5.74, 6) is 0.411. The normalized spacial score (nSPS) is 18.6. The molecule has 0 bridgehead atoms. The van der Waals surface area contributed by atoms with Gasteiger partial charge in [0.2, 0.25) is 0 Å². The van der Waals surface area contributed by atoms with Crippen molar-refractivity contribution in [3.8, 4) is 5.75 Å². The molecule has 4 nitrogen and oxygen atoms in total. The average Bonchev–Trinajstić information content (AvgIpc) is 2.82. The van der Waals surface area contributed by atoms with E-state index >= 15 is 0 Å². The molecular formula is C15H20F3N3OS. The van der Waals surface area contributed by atoms with E-state index in [4.69, 9.17) is 15.9 Å². The Morgan fingerprint density at radius 3 is 2.70 bits per heavy atom. The van der Waals surface area contributed by atoms with Crippen molar-refractivity contribution in [1.29, 1.82) is 5.41 Å². The summed E-state index contributed by atoms with van der Waals surface area (Å²) < 4.78 is 45.2. The molecule has 8 heteroatoms. The summed E-state index contributed by atoms with van der Waals surface area (Å²) in [4.78, 5) is 1.40. The van der Waals surface area contributed by atoms with E-state index in [-0.39, 0.29) is 23.9 Å². The first-order chi connectivity index (χ1) is 10.8. The monoisotopic (exact) mass is 347 g/mol. The second-order valence-electron chi connectivity index (χ2n) is 5.25. The van der Waals surface area contributed by atoms with Crippen LogP contribution in [0.2, 0.25) is 0 Å². The fourth-order valence-corrected chi connectivity index (χ4v) is 3.18. The summed E-state index contributed by atoms with van der Waals surface area (Å²) >= 11 is 1.31. The van der Waals surface area contributed by atoms with Crippen molar-refractivity contribution in [2.24, 2.45) is 5.73 Å². The number of anilines is 1. The van der Waals surface area contributed by atoms with Crippen molar-refractivity contribution >= 4 is 23.3 Å². The maximum absolute atomic E-state index is 13.3. The number of halogens is 3. The average molecular weight is 347 g/mol. The third-order valence-electron chi connectivity index (χ3n) is 3.49. The molecular weight excluding hydrogens is 327 g/mol. The minimum absolute atomic E-state index is 0.177. The maximum Gasteiger partial charge on any atom is 0.420 e. The molecule has 0 spiro atoms. The van der Waals surface area contributed by atoms with Gasteiger partial charge in [-0.2, -0.15) is 13.2 Å². The van der Waals surface area contributed by atoms with Gasteiger partial charge in [-0.05, 0) is 24.6 Å². The van der Waals surface area contributed by atoms with Crippen LogP contribution in [-0.2, 0) is 6.18 Å². The van der Waals surface area contributed by atoms with E-state index < -0.39 is 17.2 Å². The van der Waals surface area contributed by atoms with E-state index in [9.17, 15) is 13.2 Å². The Bertz CT molecular complexity index is 565. The molecule has 2 rings (SSSR count). The molecule has 1 aliphatic heterocycles. The number of hydrogen-bond acceptors (Lipinski definition) is 4. The lowest BCUT2D eigenvalue weighted by atomic mass is 10.1. The molecule has 0 aliphatic carbocycles. The van der Waals surface area contributed by atoms with Crippen molar-refractivity contribution in [3.05, 3.63) is 23.8 Å². The third-order valence-corrected chi connectivity index (χ3v) is 4.48. The van der Waals surface area contributed by atoms with Crippen LogP contribution in [0.4, 0.5) is 18.9 Å². The van der Waals surface area contributed by atoms with Gasteiger partial charge in [0.1, 0.15) is 17.1 Å². The van der Waals surface area contributed by atoms with E-state index in [1.54, 1.807) is 0 Å². The number of alkyl halides is 3. The molecule has 0 amide bonds. The van der Waals surface area contributed by atoms with Gasteiger partial charge in [0.25, 0.3) is 0 Å². The quantitative estimate of drug-likeness (QED) is 0.762. The second kappa shape index (κ2) is 7.44. The van der Waals surface area contributed by atoms with E-state index in [2.05, 4.69) is 0 Å². The third kappa shape index (κ3) is 4.32. The fourth-order valence-electron chi connectivity index (χ4n) is 2.31. The van der Waals surface area contributed by atoms with E-state index in [0.29, 0.717) is 12.2 Å². The number of nitrogens with zero attached hydrogens (tertiary/aromatic N) is 1. The molecule has 1 saturated heterocycles. The van der Waals surface area contributed by atoms with Crippen LogP contribution in [0.5, 0.6) is 5.75 Å². The van der Waals surface area contributed by atoms with Crippen LogP contribution in [0.3, 0.4) is 0 Å². The maximum atomic E-state index is 13.3. The molecule has 0 radical (unpaired) electrons. The Morgan fingerprint density at radius 1 is 1.39 bits per heavy atom. The first-order valence-electron chi connectivity index (χ1n) is 7.42. The van der Waals surface area contributed by atoms with E-state index in [1.165, 1.54) is 28.8 Å². The predicted molar refractivity (Wildman–Crippen MR) is 87.1 cm³/mol. The van der Waals surface area contributed by atoms with Crippen LogP contribution >= 0.6 is 11.8 Å². The lowest BCUT2D eigenvalue weighted by Crippen LogP contribution is -2.38. The number of benzene rings is 1. The van der Waals surface area contributed by atoms with Crippen LogP contribution in [0, 0.1) is 5.41 Å². The molecule has 1 aromatic rings. The number of unbranched alkanes of at least 4 members (excludes halogenated alkanes) is 2. The molecule has 1 aromatic carbocycles. The van der Waals surface area contributed by atoms with Gasteiger partial charge in [-0.1, -0.05) is 19.8 Å². The number of amidine groups is 1. The van der Waals surface area contributed by atoms with Gasteiger partial charge in [0.15, 0.2) is 0 Å². The number of rotatable bonds is 6. The second-order valence-corrected chi connectivity index (χ2v) is 6.36. The van der Waals surface area contributed by atoms with Crippen molar-refractivity contribution < 1.29 is 17.9 Å². The molecule has 128 valence electrons. The van der Waals surface area contributed by atoms with Crippen LogP contribution < -0.4 is 15.4 Å². The zero-order valence-corrected chi connectivity index (χ0v) is 13.6. The highest BCUT2D eigenvalue weighted by molar-refractivity contribution is 8.01. The predicted octanol–water partition coefficient (Wildman–Crippen LogP) is 4.05. The summed E-state index contributed by atoms with van der Waals surface area (Å²) in [7, 11) is 0. The molecule has 0 saturated carbocycles. The Balaban J connectivity index is 2.26. The van der Waals surface area contributed by atoms with Crippen molar-refractivity contribution in [2.45, 2.75) is 37.9 Å². The largest absolute Gasteiger partial charge is 0.493 e. The van der Waals surface area contributed by atoms with Crippen LogP contribution in [0.15, 0.2) is 18.2 Å². The zero-order valence-electron chi connectivity index (χ0n) is 12.8. The van der Waals surface area contributed by atoms with Crippen LogP contribution in [-0.4, -0.2) is 23.7 Å². The van der Waals surface area contributed by atoms with Gasteiger partial charge in [0, 0.05) is 5.69 Å². The van der Waals surface area contributed by atoms with E-state index in [1.807, 2.05) is 6.92 Å². The summed E-state index contributed by atoms with van der Waals surface area (Å²) in [5, 5.41) is 7.82. The standard InChI is InChI=1S/C15H20F3N3OS/c1-2-3-4-7-22-12-6-5-10(8-11(12)15(16,17)18)21-13(19)9-23-14(21)20/h5-6,8,14,19H,2-4,7,9,20H2,1H3. The molecule has 1 fully saturated rings. The summed E-state index contributed by atoms with van der Waals surface area (Å²) in [6.45, 7) is 2.27. The number of nitrogens with two attached hydrogens (primary N) is 1. The number of nitrogens with one attached hydrogen (secondary N) is 1. The first kappa shape index (κ1) is 17.9. The lowest BCUT2D eigenvalue weighted by molar-refractivity contribution is -0.138. The zero-order chi connectivity index (χ0) is 17.0. The first-order valence-corrected chi connectivity index (χ1v) is 8.47. The van der Waals surface area contributed by atoms with Gasteiger partial charge in [-0.15, -0.1) is 11.8 Å². The minimum atomic E-state index is -4.52. The summed E-state index contributed by atoms with van der Waals surface area (Å²) in [5.41, 5.74) is 4.74. The van der Waals surface area contributed by atoms with Gasteiger partial charge in [-0.25, -0.2) is 0 Å². The van der Waals surface area contributed by atoms with Gasteiger partial charge >= 0.3 is 6.18 Å². The number of thioether (sulfide) groups is 1. The smallest absolute Gasteiger partial charge is 0.420 e. The van der Waals surface area contributed by atoms with Gasteiger partial charge in [-0.3, -0.25) is 5.41 Å². The highest BCUT2D eigenvalue weighted by Gasteiger charge is 2.36. The van der Waals surface area contributed by atoms with Crippen molar-refractivity contribution in [2.75, 3.05) is 17.3 Å². The molecule has 1 heterocycles. The highest BCUT2D eigenvalue weighted by atomic mass is 32.2. The molecule has 3 N–H and O–H groups in total. The molecule has 1 unspecified atom stereocenters. The number of ether oxygens (including phenoxy) is 1. The Hall–Kier alpha value is -1.41. The lowest BCUT2D eigenvalue weighted by Gasteiger charge is -2.24. The van der Waals surface area contributed by atoms with E-state index in [0.717, 1.165) is 18.9 Å². The molecule has 1 atom stereocenters. The minimum Gasteiger partial charge on any atom is -0.493 e. The van der Waals surface area contributed by atoms with Crippen LogP contribution in [0.25, 0.3) is 0 Å². The summed E-state index contributed by atoms with van der Waals surface area (Å²) in [6.07, 6.45) is -1.92.